The molecule has 0 bridgehead atoms. The third-order valence-corrected chi connectivity index (χ3v) is 2.15. The molecule has 0 aliphatic rings. The highest BCUT2D eigenvalue weighted by Crippen LogP contribution is 2.18. The first kappa shape index (κ1) is 14.5. The Bertz CT molecular complexity index is 278. The molecule has 15 heavy (non-hydrogen) atoms. The molecule has 0 fully saturated rings. The summed E-state index contributed by atoms with van der Waals surface area (Å²) in [6, 6.07) is 7.35. The number of anilines is 1. The lowest BCUT2D eigenvalue weighted by molar-refractivity contribution is 0.281. The van der Waals surface area contributed by atoms with Crippen molar-refractivity contribution in [3.8, 4) is 0 Å². The lowest BCUT2D eigenvalue weighted by Crippen LogP contribution is -2.29. The second kappa shape index (κ2) is 7.77. The molecule has 0 aromatic heterocycles. The molecule has 0 radical (unpaired) electrons. The average Bonchev–Trinajstić information content (AvgIpc) is 2.17. The predicted octanol–water partition coefficient (Wildman–Crippen LogP) is 1.55. The number of halogens is 2. The zero-order chi connectivity index (χ0) is 10.4. The summed E-state index contributed by atoms with van der Waals surface area (Å²) >= 11 is 5.84. The molecule has 2 N–H and O–H groups in total. The first-order chi connectivity index (χ1) is 6.77. The van der Waals surface area contributed by atoms with Crippen molar-refractivity contribution in [2.45, 2.75) is 0 Å². The first-order valence-corrected chi connectivity index (χ1v) is 4.88. The van der Waals surface area contributed by atoms with Crippen molar-refractivity contribution < 1.29 is 10.2 Å². The fourth-order valence-corrected chi connectivity index (χ4v) is 1.47. The third-order valence-electron chi connectivity index (χ3n) is 1.91. The summed E-state index contributed by atoms with van der Waals surface area (Å²) < 4.78 is 0. The van der Waals surface area contributed by atoms with E-state index in [-0.39, 0.29) is 25.6 Å². The standard InChI is InChI=1S/C10H14ClNO2.ClH/c11-9-2-1-3-10(8-9)12(4-6-13)5-7-14;/h1-3,8,13-14H,4-7H2;1H. The topological polar surface area (TPSA) is 43.7 Å². The molecule has 0 saturated carbocycles. The van der Waals surface area contributed by atoms with E-state index in [0.717, 1.165) is 5.69 Å². The number of rotatable bonds is 5. The van der Waals surface area contributed by atoms with Crippen LogP contribution in [0.2, 0.25) is 5.02 Å². The smallest absolute Gasteiger partial charge is 0.0606 e. The number of hydrogen-bond acceptors (Lipinski definition) is 3. The van der Waals surface area contributed by atoms with Gasteiger partial charge in [0.1, 0.15) is 0 Å². The largest absolute Gasteiger partial charge is 0.395 e. The molecule has 1 aromatic carbocycles. The fraction of sp³-hybridized carbons (Fsp3) is 0.400. The molecule has 1 aromatic rings. The van der Waals surface area contributed by atoms with Gasteiger partial charge in [-0.1, -0.05) is 17.7 Å². The van der Waals surface area contributed by atoms with Crippen molar-refractivity contribution >= 4 is 29.7 Å². The van der Waals surface area contributed by atoms with E-state index in [1.807, 2.05) is 23.1 Å². The van der Waals surface area contributed by atoms with Crippen LogP contribution in [0.1, 0.15) is 0 Å². The quantitative estimate of drug-likeness (QED) is 0.835. The number of aliphatic hydroxyl groups is 2. The molecule has 5 heteroatoms. The molecule has 0 unspecified atom stereocenters. The number of benzene rings is 1. The van der Waals surface area contributed by atoms with Gasteiger partial charge in [-0.25, -0.2) is 0 Å². The van der Waals surface area contributed by atoms with Crippen LogP contribution >= 0.6 is 24.0 Å². The van der Waals surface area contributed by atoms with Crippen LogP contribution in [0, 0.1) is 0 Å². The Morgan fingerprint density at radius 1 is 1.13 bits per heavy atom. The Morgan fingerprint density at radius 3 is 2.20 bits per heavy atom. The van der Waals surface area contributed by atoms with Crippen molar-refractivity contribution in [1.82, 2.24) is 0 Å². The van der Waals surface area contributed by atoms with Crippen LogP contribution in [0.3, 0.4) is 0 Å². The zero-order valence-electron chi connectivity index (χ0n) is 8.27. The van der Waals surface area contributed by atoms with Crippen molar-refractivity contribution in [3.05, 3.63) is 29.3 Å². The van der Waals surface area contributed by atoms with Crippen LogP contribution < -0.4 is 4.90 Å². The second-order valence-corrected chi connectivity index (χ2v) is 3.35. The van der Waals surface area contributed by atoms with Gasteiger partial charge in [-0.05, 0) is 18.2 Å². The van der Waals surface area contributed by atoms with Crippen LogP contribution in [-0.4, -0.2) is 36.5 Å². The van der Waals surface area contributed by atoms with Crippen molar-refractivity contribution in [1.29, 1.82) is 0 Å². The molecule has 0 aliphatic carbocycles. The fourth-order valence-electron chi connectivity index (χ4n) is 1.28. The Labute approximate surface area is 101 Å². The third kappa shape index (κ3) is 4.71. The van der Waals surface area contributed by atoms with E-state index in [2.05, 4.69) is 0 Å². The minimum atomic E-state index is 0. The summed E-state index contributed by atoms with van der Waals surface area (Å²) in [7, 11) is 0. The van der Waals surface area contributed by atoms with E-state index in [4.69, 9.17) is 21.8 Å². The van der Waals surface area contributed by atoms with Gasteiger partial charge in [0.05, 0.1) is 13.2 Å². The molecule has 0 atom stereocenters. The van der Waals surface area contributed by atoms with Gasteiger partial charge in [-0.15, -0.1) is 12.4 Å². The highest BCUT2D eigenvalue weighted by Gasteiger charge is 2.04. The Balaban J connectivity index is 0.00000196. The van der Waals surface area contributed by atoms with E-state index < -0.39 is 0 Å². The van der Waals surface area contributed by atoms with Gasteiger partial charge in [0.25, 0.3) is 0 Å². The van der Waals surface area contributed by atoms with E-state index in [1.165, 1.54) is 0 Å². The summed E-state index contributed by atoms with van der Waals surface area (Å²) in [4.78, 5) is 1.88. The van der Waals surface area contributed by atoms with Crippen LogP contribution in [0.5, 0.6) is 0 Å². The number of aliphatic hydroxyl groups excluding tert-OH is 2. The summed E-state index contributed by atoms with van der Waals surface area (Å²) in [5, 5.41) is 18.3. The average molecular weight is 252 g/mol. The van der Waals surface area contributed by atoms with Crippen molar-refractivity contribution in [2.75, 3.05) is 31.2 Å². The lowest BCUT2D eigenvalue weighted by Gasteiger charge is -2.22. The Morgan fingerprint density at radius 2 is 1.73 bits per heavy atom. The van der Waals surface area contributed by atoms with Crippen molar-refractivity contribution in [2.24, 2.45) is 0 Å². The maximum absolute atomic E-state index is 8.84. The Hall–Kier alpha value is -0.480. The van der Waals surface area contributed by atoms with Crippen LogP contribution in [0.15, 0.2) is 24.3 Å². The van der Waals surface area contributed by atoms with E-state index in [9.17, 15) is 0 Å². The summed E-state index contributed by atoms with van der Waals surface area (Å²) in [6.45, 7) is 1.13. The molecule has 0 spiro atoms. The van der Waals surface area contributed by atoms with Gasteiger partial charge >= 0.3 is 0 Å². The minimum Gasteiger partial charge on any atom is -0.395 e. The number of nitrogens with zero attached hydrogens (tertiary/aromatic N) is 1. The molecule has 86 valence electrons. The normalized spacial score (nSPS) is 9.53. The monoisotopic (exact) mass is 251 g/mol. The van der Waals surface area contributed by atoms with Gasteiger partial charge in [0, 0.05) is 23.8 Å². The molecule has 0 heterocycles. The Kier molecular flexibility index (Phi) is 7.52. The van der Waals surface area contributed by atoms with Gasteiger partial charge in [0.2, 0.25) is 0 Å². The predicted molar refractivity (Wildman–Crippen MR) is 65.1 cm³/mol. The van der Waals surface area contributed by atoms with Crippen molar-refractivity contribution in [3.63, 3.8) is 0 Å². The highest BCUT2D eigenvalue weighted by atomic mass is 35.5. The second-order valence-electron chi connectivity index (χ2n) is 2.91. The summed E-state index contributed by atoms with van der Waals surface area (Å²) in [6.07, 6.45) is 0. The van der Waals surface area contributed by atoms with Crippen LogP contribution in [-0.2, 0) is 0 Å². The van der Waals surface area contributed by atoms with Crippen LogP contribution in [0.4, 0.5) is 5.69 Å². The minimum absolute atomic E-state index is 0. The first-order valence-electron chi connectivity index (χ1n) is 4.50. The van der Waals surface area contributed by atoms with Crippen LogP contribution in [0.25, 0.3) is 0 Å². The molecular weight excluding hydrogens is 237 g/mol. The molecule has 0 amide bonds. The molecular formula is C10H15Cl2NO2. The maximum atomic E-state index is 8.84. The maximum Gasteiger partial charge on any atom is 0.0606 e. The van der Waals surface area contributed by atoms with E-state index >= 15 is 0 Å². The molecule has 1 rings (SSSR count). The molecule has 0 aliphatic heterocycles. The lowest BCUT2D eigenvalue weighted by atomic mass is 10.3. The SMILES string of the molecule is Cl.OCCN(CCO)c1cccc(Cl)c1. The molecule has 0 saturated heterocycles. The van der Waals surface area contributed by atoms with Gasteiger partial charge in [-0.2, -0.15) is 0 Å². The van der Waals surface area contributed by atoms with E-state index in [1.54, 1.807) is 6.07 Å². The summed E-state index contributed by atoms with van der Waals surface area (Å²) in [5.41, 5.74) is 0.917. The van der Waals surface area contributed by atoms with Gasteiger partial charge in [-0.3, -0.25) is 0 Å². The zero-order valence-corrected chi connectivity index (χ0v) is 9.84. The van der Waals surface area contributed by atoms with E-state index in [0.29, 0.717) is 18.1 Å². The molecule has 3 nitrogen and oxygen atoms in total. The summed E-state index contributed by atoms with van der Waals surface area (Å²) in [5.74, 6) is 0. The number of hydrogen-bond donors (Lipinski definition) is 2. The highest BCUT2D eigenvalue weighted by molar-refractivity contribution is 6.30. The van der Waals surface area contributed by atoms with Gasteiger partial charge < -0.3 is 15.1 Å². The van der Waals surface area contributed by atoms with Gasteiger partial charge in [0.15, 0.2) is 0 Å².